The molecule has 1 aromatic carbocycles. The number of H-pyrrole nitrogens is 1. The number of pyridine rings is 1. The minimum absolute atomic E-state index is 0.00585. The first-order valence-corrected chi connectivity index (χ1v) is 8.08. The summed E-state index contributed by atoms with van der Waals surface area (Å²) in [5.74, 6) is -1.07. The van der Waals surface area contributed by atoms with Crippen LogP contribution >= 0.6 is 11.3 Å². The maximum absolute atomic E-state index is 11.6. The van der Waals surface area contributed by atoms with E-state index in [1.54, 1.807) is 17.5 Å². The highest BCUT2D eigenvalue weighted by atomic mass is 32.1. The smallest absolute Gasteiger partial charge is 0.354 e. The molecule has 0 aliphatic carbocycles. The molecule has 0 atom stereocenters. The van der Waals surface area contributed by atoms with Crippen molar-refractivity contribution < 1.29 is 14.6 Å². The number of nitrogens with one attached hydrogen (secondary N) is 2. The molecular weight excluding hydrogens is 328 g/mol. The Labute approximate surface area is 140 Å². The van der Waals surface area contributed by atoms with E-state index in [1.807, 2.05) is 19.2 Å². The lowest BCUT2D eigenvalue weighted by atomic mass is 10.1. The van der Waals surface area contributed by atoms with Gasteiger partial charge in [-0.05, 0) is 12.1 Å². The number of ether oxygens (including phenoxy) is 1. The molecule has 122 valence electrons. The first kappa shape index (κ1) is 14.9. The Bertz CT molecular complexity index is 1100. The Balaban J connectivity index is 2.21. The van der Waals surface area contributed by atoms with Gasteiger partial charge >= 0.3 is 5.97 Å². The maximum Gasteiger partial charge on any atom is 0.354 e. The van der Waals surface area contributed by atoms with Gasteiger partial charge < -0.3 is 20.1 Å². The van der Waals surface area contributed by atoms with Crippen LogP contribution in [0.15, 0.2) is 18.3 Å². The number of carboxylic acid groups (broad SMARTS) is 1. The number of methoxy groups -OCH3 is 1. The number of nitrogens with zero attached hydrogens (tertiary/aromatic N) is 2. The molecule has 4 aromatic rings. The number of benzene rings is 1. The van der Waals surface area contributed by atoms with E-state index in [-0.39, 0.29) is 12.3 Å². The summed E-state index contributed by atoms with van der Waals surface area (Å²) < 4.78 is 6.27. The second-order valence-electron chi connectivity index (χ2n) is 5.34. The predicted molar refractivity (Wildman–Crippen MR) is 94.0 cm³/mol. The van der Waals surface area contributed by atoms with Crippen molar-refractivity contribution in [2.24, 2.45) is 0 Å². The van der Waals surface area contributed by atoms with Crippen molar-refractivity contribution in [1.29, 1.82) is 0 Å². The lowest BCUT2D eigenvalue weighted by Gasteiger charge is -2.06. The van der Waals surface area contributed by atoms with E-state index in [4.69, 9.17) is 4.74 Å². The molecule has 0 fully saturated rings. The summed E-state index contributed by atoms with van der Waals surface area (Å²) in [7, 11) is 3.36. The Morgan fingerprint density at radius 3 is 2.92 bits per heavy atom. The third-order valence-corrected chi connectivity index (χ3v) is 5.00. The van der Waals surface area contributed by atoms with Gasteiger partial charge in [0.2, 0.25) is 0 Å². The summed E-state index contributed by atoms with van der Waals surface area (Å²) >= 11 is 1.55. The number of thiazole rings is 1. The third kappa shape index (κ3) is 2.04. The van der Waals surface area contributed by atoms with Gasteiger partial charge in [-0.25, -0.2) is 14.8 Å². The van der Waals surface area contributed by atoms with Gasteiger partial charge in [0.25, 0.3) is 0 Å². The van der Waals surface area contributed by atoms with Crippen LogP contribution in [0.4, 0.5) is 5.13 Å². The van der Waals surface area contributed by atoms with Gasteiger partial charge in [-0.3, -0.25) is 0 Å². The average Bonchev–Trinajstić information content (AvgIpc) is 3.15. The molecule has 0 radical (unpaired) electrons. The number of carboxylic acids is 1. The molecule has 0 bridgehead atoms. The van der Waals surface area contributed by atoms with Crippen LogP contribution in [0.5, 0.6) is 0 Å². The molecule has 0 aliphatic heterocycles. The van der Waals surface area contributed by atoms with Crippen LogP contribution in [0.2, 0.25) is 0 Å². The summed E-state index contributed by atoms with van der Waals surface area (Å²) in [4.78, 5) is 23.6. The van der Waals surface area contributed by atoms with Gasteiger partial charge in [0, 0.05) is 36.0 Å². The molecule has 0 saturated carbocycles. The molecule has 3 aromatic heterocycles. The number of fused-ring (bicyclic) bond motifs is 5. The molecule has 0 saturated heterocycles. The largest absolute Gasteiger partial charge is 0.477 e. The van der Waals surface area contributed by atoms with Gasteiger partial charge in [-0.2, -0.15) is 0 Å². The topological polar surface area (TPSA) is 100 Å². The summed E-state index contributed by atoms with van der Waals surface area (Å²) in [6.07, 6.45) is 1.55. The van der Waals surface area contributed by atoms with E-state index in [0.29, 0.717) is 5.56 Å². The minimum atomic E-state index is -1.07. The molecule has 4 rings (SSSR count). The fourth-order valence-electron chi connectivity index (χ4n) is 3.01. The average molecular weight is 342 g/mol. The fraction of sp³-hybridized carbons (Fsp3) is 0.188. The second-order valence-corrected chi connectivity index (χ2v) is 6.37. The number of hydrogen-bond donors (Lipinski definition) is 3. The lowest BCUT2D eigenvalue weighted by molar-refractivity contribution is 0.0685. The monoisotopic (exact) mass is 342 g/mol. The van der Waals surface area contributed by atoms with Gasteiger partial charge in [0.05, 0.1) is 28.5 Å². The fourth-order valence-corrected chi connectivity index (χ4v) is 3.83. The predicted octanol–water partition coefficient (Wildman–Crippen LogP) is 3.21. The number of aromatic amines is 1. The Kier molecular flexibility index (Phi) is 3.36. The van der Waals surface area contributed by atoms with Crippen molar-refractivity contribution in [3.8, 4) is 0 Å². The molecule has 0 amide bonds. The molecule has 0 aliphatic rings. The van der Waals surface area contributed by atoms with Crippen molar-refractivity contribution in [3.05, 3.63) is 29.6 Å². The van der Waals surface area contributed by atoms with Crippen LogP contribution in [-0.2, 0) is 11.3 Å². The third-order valence-electron chi connectivity index (χ3n) is 3.97. The number of carbonyl (C=O) groups is 1. The zero-order valence-electron chi connectivity index (χ0n) is 13.0. The molecule has 0 unspecified atom stereocenters. The Hall–Kier alpha value is -2.71. The zero-order valence-corrected chi connectivity index (χ0v) is 13.8. The van der Waals surface area contributed by atoms with Gasteiger partial charge in [-0.1, -0.05) is 11.3 Å². The number of hydrogen-bond acceptors (Lipinski definition) is 6. The first-order chi connectivity index (χ1) is 11.6. The van der Waals surface area contributed by atoms with Crippen LogP contribution < -0.4 is 5.32 Å². The minimum Gasteiger partial charge on any atom is -0.477 e. The number of aromatic carboxylic acids is 1. The molecular formula is C16H14N4O3S. The van der Waals surface area contributed by atoms with E-state index < -0.39 is 5.97 Å². The molecule has 8 heteroatoms. The molecule has 0 spiro atoms. The molecule has 3 heterocycles. The van der Waals surface area contributed by atoms with Crippen LogP contribution in [0.1, 0.15) is 16.1 Å². The van der Waals surface area contributed by atoms with Crippen molar-refractivity contribution in [2.75, 3.05) is 19.5 Å². The maximum atomic E-state index is 11.6. The van der Waals surface area contributed by atoms with Crippen molar-refractivity contribution in [2.45, 2.75) is 6.61 Å². The van der Waals surface area contributed by atoms with Crippen LogP contribution in [0, 0.1) is 0 Å². The summed E-state index contributed by atoms with van der Waals surface area (Å²) in [5.41, 5.74) is 3.07. The van der Waals surface area contributed by atoms with Crippen molar-refractivity contribution in [3.63, 3.8) is 0 Å². The quantitative estimate of drug-likeness (QED) is 0.526. The van der Waals surface area contributed by atoms with Crippen LogP contribution in [0.25, 0.3) is 32.0 Å². The molecule has 7 nitrogen and oxygen atoms in total. The number of rotatable bonds is 4. The molecule has 24 heavy (non-hydrogen) atoms. The van der Waals surface area contributed by atoms with Crippen LogP contribution in [-0.4, -0.2) is 40.2 Å². The van der Waals surface area contributed by atoms with E-state index in [1.165, 1.54) is 7.11 Å². The Morgan fingerprint density at radius 2 is 2.21 bits per heavy atom. The van der Waals surface area contributed by atoms with Gasteiger partial charge in [0.1, 0.15) is 0 Å². The van der Waals surface area contributed by atoms with Gasteiger partial charge in [-0.15, -0.1) is 0 Å². The zero-order chi connectivity index (χ0) is 16.8. The number of aromatic nitrogens is 3. The highest BCUT2D eigenvalue weighted by Gasteiger charge is 2.20. The van der Waals surface area contributed by atoms with E-state index in [9.17, 15) is 9.90 Å². The van der Waals surface area contributed by atoms with Crippen molar-refractivity contribution >= 4 is 54.5 Å². The van der Waals surface area contributed by atoms with Crippen molar-refractivity contribution in [1.82, 2.24) is 15.0 Å². The van der Waals surface area contributed by atoms with Gasteiger partial charge in [0.15, 0.2) is 10.8 Å². The summed E-state index contributed by atoms with van der Waals surface area (Å²) in [6.45, 7) is 0.165. The second kappa shape index (κ2) is 5.43. The highest BCUT2D eigenvalue weighted by molar-refractivity contribution is 7.22. The summed E-state index contributed by atoms with van der Waals surface area (Å²) in [6, 6.07) is 3.99. The van der Waals surface area contributed by atoms with E-state index >= 15 is 0 Å². The number of anilines is 1. The first-order valence-electron chi connectivity index (χ1n) is 7.26. The standard InChI is InChI=1S/C16H14N4O3S/c1-17-16-20-14-10(24-16)4-3-8-12(14)11-7(6-23-2)13(15(21)22)18-5-9(11)19-8/h3-5,19H,6H2,1-2H3,(H,17,20)(H,21,22). The molecule has 3 N–H and O–H groups in total. The lowest BCUT2D eigenvalue weighted by Crippen LogP contribution is -2.07. The van der Waals surface area contributed by atoms with E-state index in [0.717, 1.165) is 37.2 Å². The Morgan fingerprint density at radius 1 is 1.38 bits per heavy atom. The SMILES string of the molecule is CNc1nc2c(ccc3[nH]c4cnc(C(=O)O)c(COC)c4c32)s1. The van der Waals surface area contributed by atoms with Crippen LogP contribution in [0.3, 0.4) is 0 Å². The van der Waals surface area contributed by atoms with E-state index in [2.05, 4.69) is 20.3 Å². The highest BCUT2D eigenvalue weighted by Crippen LogP contribution is 2.37. The normalized spacial score (nSPS) is 11.6. The summed E-state index contributed by atoms with van der Waals surface area (Å²) in [5, 5.41) is 15.0.